The van der Waals surface area contributed by atoms with E-state index in [9.17, 15) is 0 Å². The molecule has 0 saturated heterocycles. The molecule has 0 unspecified atom stereocenters. The van der Waals surface area contributed by atoms with Crippen LogP contribution < -0.4 is 10.1 Å². The summed E-state index contributed by atoms with van der Waals surface area (Å²) in [7, 11) is 16.0. The van der Waals surface area contributed by atoms with Gasteiger partial charge in [0.1, 0.15) is 5.52 Å². The van der Waals surface area contributed by atoms with Gasteiger partial charge in [0.2, 0.25) is 5.88 Å². The monoisotopic (exact) mass is 1500 g/mol. The second kappa shape index (κ2) is 31.7. The summed E-state index contributed by atoms with van der Waals surface area (Å²) in [6, 6.07) is 61.0. The van der Waals surface area contributed by atoms with Gasteiger partial charge in [-0.3, -0.25) is 29.9 Å². The molecular weight excluding hydrogens is 1410 g/mol. The molecule has 18 heteroatoms. The lowest BCUT2D eigenvalue weighted by atomic mass is 10.1. The van der Waals surface area contributed by atoms with E-state index in [2.05, 4.69) is 257 Å². The molecule has 0 aliphatic carbocycles. The van der Waals surface area contributed by atoms with E-state index in [4.69, 9.17) is 21.4 Å². The maximum atomic E-state index is 9.16. The molecule has 0 aliphatic rings. The van der Waals surface area contributed by atoms with Gasteiger partial charge in [0.05, 0.1) is 83.0 Å². The average molecular weight is 1500 g/mol. The zero-order valence-corrected chi connectivity index (χ0v) is 66.4. The second-order valence-electron chi connectivity index (χ2n) is 29.0. The number of aromatic amines is 1. The Balaban J connectivity index is 0.000000103. The molecule has 14 aromatic heterocycles. The van der Waals surface area contributed by atoms with E-state index in [0.717, 1.165) is 55.7 Å². The van der Waals surface area contributed by atoms with E-state index < -0.39 is 0 Å². The number of methoxy groups -OCH3 is 1. The first-order valence-corrected chi connectivity index (χ1v) is 37.9. The first-order chi connectivity index (χ1) is 54.3. The van der Waals surface area contributed by atoms with Crippen molar-refractivity contribution in [1.82, 2.24) is 72.6 Å². The SMILES string of the molecule is CNCc1ccc2c(c1)c1ccncc1n2C.COc1nccc2c3cc(Cl)ccc3n(C)c12.Cc1ccc2c(c1)c1ccnc(C(C)C)c1n2C.Cc1ccc2c(c1)c1ccncc1n2C.Cc1ccc2c(c1)c1ccncc1n2C.Cc1nccc2c1[nH]c1ccccc12.Cn1c2ccc(CO)cc2c2ccncc21. The lowest BCUT2D eigenvalue weighted by Crippen LogP contribution is -2.04. The van der Waals surface area contributed by atoms with Gasteiger partial charge >= 0.3 is 0 Å². The predicted octanol–water partition coefficient (Wildman–Crippen LogP) is 21.3. The molecule has 560 valence electrons. The Labute approximate surface area is 654 Å². The quantitative estimate of drug-likeness (QED) is 0.150. The van der Waals surface area contributed by atoms with Crippen LogP contribution in [-0.2, 0) is 55.4 Å². The van der Waals surface area contributed by atoms with Crippen molar-refractivity contribution >= 4 is 164 Å². The lowest BCUT2D eigenvalue weighted by molar-refractivity contribution is 0.282. The van der Waals surface area contributed by atoms with Gasteiger partial charge in [-0.1, -0.05) is 90.7 Å². The Morgan fingerprint density at radius 3 is 1.28 bits per heavy atom. The van der Waals surface area contributed by atoms with Crippen LogP contribution >= 0.6 is 11.6 Å². The van der Waals surface area contributed by atoms with Crippen LogP contribution in [-0.4, -0.2) is 86.5 Å². The Morgan fingerprint density at radius 1 is 0.393 bits per heavy atom. The van der Waals surface area contributed by atoms with Gasteiger partial charge in [0, 0.05) is 211 Å². The molecule has 0 amide bonds. The number of aliphatic hydroxyl groups excluding tert-OH is 1. The van der Waals surface area contributed by atoms with Crippen molar-refractivity contribution in [2.45, 2.75) is 60.6 Å². The third kappa shape index (κ3) is 14.0. The first kappa shape index (κ1) is 74.7. The topological polar surface area (TPSA) is 177 Å². The summed E-state index contributed by atoms with van der Waals surface area (Å²) in [5.74, 6) is 1.08. The van der Waals surface area contributed by atoms with Crippen LogP contribution in [0.15, 0.2) is 244 Å². The fourth-order valence-corrected chi connectivity index (χ4v) is 16.0. The molecule has 0 bridgehead atoms. The number of fused-ring (bicyclic) bond motifs is 21. The molecular formula is C94H90ClN15O2. The summed E-state index contributed by atoms with van der Waals surface area (Å²) in [5, 5.41) is 30.6. The van der Waals surface area contributed by atoms with Crippen LogP contribution in [0.3, 0.4) is 0 Å². The van der Waals surface area contributed by atoms with Crippen LogP contribution in [0.2, 0.25) is 5.02 Å². The van der Waals surface area contributed by atoms with Crippen LogP contribution in [0.1, 0.15) is 59.0 Å². The molecule has 0 fully saturated rings. The normalized spacial score (nSPS) is 11.4. The zero-order chi connectivity index (χ0) is 78.2. The molecule has 112 heavy (non-hydrogen) atoms. The van der Waals surface area contributed by atoms with E-state index in [0.29, 0.717) is 11.8 Å². The molecule has 14 heterocycles. The number of benzene rings is 7. The fourth-order valence-electron chi connectivity index (χ4n) is 15.9. The van der Waals surface area contributed by atoms with Gasteiger partial charge in [0.15, 0.2) is 0 Å². The first-order valence-electron chi connectivity index (χ1n) is 37.5. The van der Waals surface area contributed by atoms with Crippen LogP contribution in [0.4, 0.5) is 0 Å². The summed E-state index contributed by atoms with van der Waals surface area (Å²) < 4.78 is 18.4. The standard InChI is InChI=1S/C16H18N2.C14H15N3.C13H11ClN2O.C13H12N2O.2C13H12N2.C12H10N2/c1-10(2)15-16-12(7-8-17-15)13-9-11(3)5-6-14(13)18(16)4;1-15-8-10-3-4-13-12(7-10)11-5-6-16-9-14(11)17(13)2;1-16-11-4-3-8(14)7-10(11)9-5-6-15-13(17-2)12(9)16;1-15-12-3-2-9(8-16)6-11(12)10-4-5-14-7-13(10)15;2*1-9-3-4-12-11(7-9)10-5-6-14-8-13(10)15(12)2;1-8-12-10(6-7-13-8)9-4-2-3-5-11(9)14-12/h5-10H,1-4H3;3-7,9,15H,8H2,1-2H3;3-7H,1-2H3;2-7,16H,8H2,1H3;2*3-8H,1-2H3;2-7,14H,1H3. The average Bonchev–Trinajstić information content (AvgIpc) is 1.60. The molecule has 0 aliphatic heterocycles. The lowest BCUT2D eigenvalue weighted by Gasteiger charge is -2.07. The number of aromatic nitrogens is 14. The molecule has 21 aromatic rings. The highest BCUT2D eigenvalue weighted by atomic mass is 35.5. The van der Waals surface area contributed by atoms with Crippen molar-refractivity contribution in [1.29, 1.82) is 0 Å². The van der Waals surface area contributed by atoms with Crippen molar-refractivity contribution in [3.63, 3.8) is 0 Å². The van der Waals surface area contributed by atoms with Gasteiger partial charge in [-0.25, -0.2) is 4.98 Å². The Morgan fingerprint density at radius 2 is 0.786 bits per heavy atom. The zero-order valence-electron chi connectivity index (χ0n) is 65.6. The number of halogens is 1. The van der Waals surface area contributed by atoms with Crippen molar-refractivity contribution in [3.8, 4) is 5.88 Å². The number of ether oxygens (including phenoxy) is 1. The summed E-state index contributed by atoms with van der Waals surface area (Å²) in [4.78, 5) is 33.1. The third-order valence-corrected chi connectivity index (χ3v) is 21.8. The molecule has 3 N–H and O–H groups in total. The largest absolute Gasteiger partial charge is 0.479 e. The number of pyridine rings is 7. The van der Waals surface area contributed by atoms with E-state index in [1.54, 1.807) is 19.5 Å². The highest BCUT2D eigenvalue weighted by molar-refractivity contribution is 6.32. The van der Waals surface area contributed by atoms with E-state index in [-0.39, 0.29) is 6.61 Å². The number of para-hydroxylation sites is 1. The summed E-state index contributed by atoms with van der Waals surface area (Å²) in [6.45, 7) is 13.8. The van der Waals surface area contributed by atoms with Crippen LogP contribution in [0.25, 0.3) is 153 Å². The van der Waals surface area contributed by atoms with E-state index in [1.807, 2.05) is 138 Å². The molecule has 0 atom stereocenters. The number of nitrogens with one attached hydrogen (secondary N) is 2. The molecule has 0 radical (unpaired) electrons. The van der Waals surface area contributed by atoms with Gasteiger partial charge in [-0.05, 0) is 179 Å². The van der Waals surface area contributed by atoms with Gasteiger partial charge in [0.25, 0.3) is 0 Å². The second-order valence-corrected chi connectivity index (χ2v) is 29.4. The maximum absolute atomic E-state index is 9.16. The van der Waals surface area contributed by atoms with Crippen LogP contribution in [0, 0.1) is 27.7 Å². The van der Waals surface area contributed by atoms with E-state index >= 15 is 0 Å². The van der Waals surface area contributed by atoms with Crippen molar-refractivity contribution < 1.29 is 9.84 Å². The number of hydrogen-bond donors (Lipinski definition) is 3. The highest BCUT2D eigenvalue weighted by Crippen LogP contribution is 2.37. The predicted molar refractivity (Wildman–Crippen MR) is 466 cm³/mol. The minimum atomic E-state index is 0.0808. The van der Waals surface area contributed by atoms with Crippen molar-refractivity contribution in [2.75, 3.05) is 14.2 Å². The Kier molecular flexibility index (Phi) is 21.1. The summed E-state index contributed by atoms with van der Waals surface area (Å²) in [5.41, 5.74) is 25.0. The van der Waals surface area contributed by atoms with Crippen molar-refractivity contribution in [2.24, 2.45) is 42.3 Å². The smallest absolute Gasteiger partial charge is 0.238 e. The molecule has 0 spiro atoms. The maximum Gasteiger partial charge on any atom is 0.238 e. The third-order valence-electron chi connectivity index (χ3n) is 21.5. The fraction of sp³-hybridized carbons (Fsp3) is 0.181. The minimum absolute atomic E-state index is 0.0808. The number of aryl methyl sites for hydroxylation is 10. The van der Waals surface area contributed by atoms with Gasteiger partial charge < -0.3 is 47.5 Å². The Hall–Kier alpha value is -12.8. The molecule has 0 saturated carbocycles. The Bertz CT molecular complexity index is 6970. The van der Waals surface area contributed by atoms with Gasteiger partial charge in [-0.15, -0.1) is 0 Å². The minimum Gasteiger partial charge on any atom is -0.479 e. The summed E-state index contributed by atoms with van der Waals surface area (Å²) in [6.07, 6.45) is 20.5. The molecule has 17 nitrogen and oxygen atoms in total. The number of aliphatic hydroxyl groups is 1. The number of nitrogens with zero attached hydrogens (tertiary/aromatic N) is 13. The van der Waals surface area contributed by atoms with Gasteiger partial charge in [-0.2, -0.15) is 0 Å². The highest BCUT2D eigenvalue weighted by Gasteiger charge is 2.18. The number of hydrogen-bond acceptors (Lipinski definition) is 10. The molecule has 7 aromatic carbocycles. The summed E-state index contributed by atoms with van der Waals surface area (Å²) >= 11 is 6.05. The molecule has 21 rings (SSSR count). The van der Waals surface area contributed by atoms with Crippen LogP contribution in [0.5, 0.6) is 5.88 Å². The number of H-pyrrole nitrogens is 1. The van der Waals surface area contributed by atoms with Crippen molar-refractivity contribution in [3.05, 3.63) is 288 Å². The van der Waals surface area contributed by atoms with E-state index in [1.165, 1.54) is 148 Å². The number of rotatable bonds is 5.